The summed E-state index contributed by atoms with van der Waals surface area (Å²) in [5, 5.41) is 9.44. The van der Waals surface area contributed by atoms with E-state index in [4.69, 9.17) is 0 Å². The van der Waals surface area contributed by atoms with Gasteiger partial charge in [0.05, 0.1) is 0 Å². The van der Waals surface area contributed by atoms with E-state index < -0.39 is 11.5 Å². The van der Waals surface area contributed by atoms with Gasteiger partial charge >= 0.3 is 12.0 Å². The smallest absolute Gasteiger partial charge is 0.329 e. The third kappa shape index (κ3) is 2.50. The van der Waals surface area contributed by atoms with Crippen LogP contribution in [0.2, 0.25) is 0 Å². The largest absolute Gasteiger partial charge is 0.480 e. The Morgan fingerprint density at radius 2 is 1.81 bits per heavy atom. The van der Waals surface area contributed by atoms with Gasteiger partial charge in [-0.1, -0.05) is 0 Å². The van der Waals surface area contributed by atoms with Crippen molar-refractivity contribution >= 4 is 12.0 Å². The molecule has 0 aromatic carbocycles. The minimum atomic E-state index is -1.02. The van der Waals surface area contributed by atoms with Crippen LogP contribution in [-0.2, 0) is 4.79 Å². The first-order chi connectivity index (χ1) is 10.0. The minimum absolute atomic E-state index is 0.0842. The molecule has 2 atom stereocenters. The fourth-order valence-corrected chi connectivity index (χ4v) is 3.98. The van der Waals surface area contributed by atoms with E-state index in [0.29, 0.717) is 19.0 Å². The molecule has 3 aliphatic rings. The zero-order valence-corrected chi connectivity index (χ0v) is 12.8. The number of carboxylic acid groups (broad SMARTS) is 1. The summed E-state index contributed by atoms with van der Waals surface area (Å²) >= 11 is 0. The van der Waals surface area contributed by atoms with E-state index >= 15 is 0 Å². The van der Waals surface area contributed by atoms with Crippen molar-refractivity contribution < 1.29 is 14.7 Å². The number of carbonyl (C=O) groups excluding carboxylic acids is 1. The van der Waals surface area contributed by atoms with Crippen LogP contribution >= 0.6 is 0 Å². The minimum Gasteiger partial charge on any atom is -0.480 e. The molecule has 3 aliphatic heterocycles. The van der Waals surface area contributed by atoms with Crippen LogP contribution in [0.5, 0.6) is 0 Å². The number of carboxylic acids is 1. The summed E-state index contributed by atoms with van der Waals surface area (Å²) in [6, 6.07) is 0.384. The number of nitrogens with zero attached hydrogens (tertiary/aromatic N) is 3. The number of hydrogen-bond acceptors (Lipinski definition) is 3. The molecule has 6 heteroatoms. The van der Waals surface area contributed by atoms with Crippen molar-refractivity contribution in [2.45, 2.75) is 50.6 Å². The van der Waals surface area contributed by atoms with Crippen LogP contribution < -0.4 is 0 Å². The summed E-state index contributed by atoms with van der Waals surface area (Å²) in [7, 11) is 0. The number of urea groups is 1. The maximum atomic E-state index is 12.7. The highest BCUT2D eigenvalue weighted by atomic mass is 16.4. The summed E-state index contributed by atoms with van der Waals surface area (Å²) in [6.45, 7) is 6.03. The molecule has 3 saturated heterocycles. The molecule has 1 N–H and O–H groups in total. The maximum Gasteiger partial charge on any atom is 0.329 e. The number of likely N-dealkylation sites (tertiary alicyclic amines) is 3. The number of carbonyl (C=O) groups is 2. The fraction of sp³-hybridized carbons (Fsp3) is 0.867. The molecule has 0 aliphatic carbocycles. The number of rotatable bonds is 2. The van der Waals surface area contributed by atoms with E-state index in [1.165, 1.54) is 12.8 Å². The number of amides is 2. The highest BCUT2D eigenvalue weighted by molar-refractivity contribution is 5.86. The van der Waals surface area contributed by atoms with E-state index in [1.807, 2.05) is 4.90 Å². The van der Waals surface area contributed by atoms with Crippen molar-refractivity contribution in [2.75, 3.05) is 32.7 Å². The molecule has 0 aromatic heterocycles. The zero-order valence-electron chi connectivity index (χ0n) is 12.8. The van der Waals surface area contributed by atoms with Crippen LogP contribution in [0.1, 0.15) is 39.0 Å². The first kappa shape index (κ1) is 14.6. The second-order valence-corrected chi connectivity index (χ2v) is 6.75. The molecule has 3 heterocycles. The van der Waals surface area contributed by atoms with Crippen LogP contribution in [0.15, 0.2) is 0 Å². The van der Waals surface area contributed by atoms with Crippen LogP contribution in [0.25, 0.3) is 0 Å². The highest BCUT2D eigenvalue weighted by Crippen LogP contribution is 2.31. The molecule has 0 aromatic rings. The molecular formula is C15H25N3O3. The number of hydrogen-bond donors (Lipinski definition) is 1. The summed E-state index contributed by atoms with van der Waals surface area (Å²) < 4.78 is 0. The monoisotopic (exact) mass is 295 g/mol. The van der Waals surface area contributed by atoms with Crippen LogP contribution in [-0.4, -0.2) is 76.1 Å². The molecule has 0 spiro atoms. The molecule has 2 unspecified atom stereocenters. The Morgan fingerprint density at radius 1 is 1.10 bits per heavy atom. The van der Waals surface area contributed by atoms with Crippen molar-refractivity contribution in [3.05, 3.63) is 0 Å². The van der Waals surface area contributed by atoms with Gasteiger partial charge in [0.15, 0.2) is 0 Å². The molecule has 0 bridgehead atoms. The fourth-order valence-electron chi connectivity index (χ4n) is 3.98. The molecule has 21 heavy (non-hydrogen) atoms. The van der Waals surface area contributed by atoms with Gasteiger partial charge in [-0.05, 0) is 52.1 Å². The van der Waals surface area contributed by atoms with Gasteiger partial charge in [-0.3, -0.25) is 4.90 Å². The Kier molecular flexibility index (Phi) is 3.82. The number of aliphatic carboxylic acids is 1. The van der Waals surface area contributed by atoms with Crippen LogP contribution in [0, 0.1) is 0 Å². The first-order valence-corrected chi connectivity index (χ1v) is 8.06. The van der Waals surface area contributed by atoms with Gasteiger partial charge in [0.25, 0.3) is 0 Å². The van der Waals surface area contributed by atoms with Crippen LogP contribution in [0.3, 0.4) is 0 Å². The van der Waals surface area contributed by atoms with Crippen molar-refractivity contribution in [3.63, 3.8) is 0 Å². The van der Waals surface area contributed by atoms with E-state index in [2.05, 4.69) is 4.90 Å². The molecular weight excluding hydrogens is 270 g/mol. The standard InChI is InChI=1S/C15H25N3O3/c1-15(13(19)20)6-4-9-18(15)14(21)17-10-5-12(11-17)16-7-2-3-8-16/h12H,2-11H2,1H3,(H,19,20). The lowest BCUT2D eigenvalue weighted by Gasteiger charge is -2.34. The molecule has 3 fully saturated rings. The lowest BCUT2D eigenvalue weighted by atomic mass is 10.00. The third-order valence-electron chi connectivity index (χ3n) is 5.42. The highest BCUT2D eigenvalue weighted by Gasteiger charge is 2.48. The Labute approximate surface area is 125 Å². The average Bonchev–Trinajstić information content (AvgIpc) is 3.18. The lowest BCUT2D eigenvalue weighted by molar-refractivity contribution is -0.147. The van der Waals surface area contributed by atoms with Crippen molar-refractivity contribution in [1.82, 2.24) is 14.7 Å². The van der Waals surface area contributed by atoms with Crippen LogP contribution in [0.4, 0.5) is 4.79 Å². The Hall–Kier alpha value is -1.30. The summed E-state index contributed by atoms with van der Waals surface area (Å²) in [5.74, 6) is -0.886. The molecule has 2 amide bonds. The second kappa shape index (κ2) is 5.48. The maximum absolute atomic E-state index is 12.7. The SMILES string of the molecule is CC1(C(=O)O)CCCN1C(=O)N1CCC(N2CCCC2)C1. The molecule has 0 saturated carbocycles. The molecule has 118 valence electrons. The molecule has 6 nitrogen and oxygen atoms in total. The zero-order chi connectivity index (χ0) is 15.0. The van der Waals surface area contributed by atoms with E-state index in [1.54, 1.807) is 11.8 Å². The van der Waals surface area contributed by atoms with Gasteiger partial charge in [-0.15, -0.1) is 0 Å². The molecule has 0 radical (unpaired) electrons. The lowest BCUT2D eigenvalue weighted by Crippen LogP contribution is -2.55. The average molecular weight is 295 g/mol. The Morgan fingerprint density at radius 3 is 2.48 bits per heavy atom. The molecule has 3 rings (SSSR count). The summed E-state index contributed by atoms with van der Waals surface area (Å²) in [4.78, 5) is 30.1. The van der Waals surface area contributed by atoms with Gasteiger partial charge in [-0.25, -0.2) is 9.59 Å². The Balaban J connectivity index is 1.64. The van der Waals surface area contributed by atoms with E-state index in [9.17, 15) is 14.7 Å². The predicted molar refractivity (Wildman–Crippen MR) is 78.2 cm³/mol. The van der Waals surface area contributed by atoms with Gasteiger partial charge in [0.1, 0.15) is 5.54 Å². The van der Waals surface area contributed by atoms with Gasteiger partial charge in [-0.2, -0.15) is 0 Å². The van der Waals surface area contributed by atoms with Crippen molar-refractivity contribution in [1.29, 1.82) is 0 Å². The van der Waals surface area contributed by atoms with E-state index in [-0.39, 0.29) is 6.03 Å². The first-order valence-electron chi connectivity index (χ1n) is 8.06. The third-order valence-corrected chi connectivity index (χ3v) is 5.42. The normalized spacial score (nSPS) is 33.9. The quantitative estimate of drug-likeness (QED) is 0.832. The van der Waals surface area contributed by atoms with Gasteiger partial charge < -0.3 is 14.9 Å². The second-order valence-electron chi connectivity index (χ2n) is 6.75. The van der Waals surface area contributed by atoms with E-state index in [0.717, 1.165) is 39.0 Å². The van der Waals surface area contributed by atoms with Crippen molar-refractivity contribution in [2.24, 2.45) is 0 Å². The van der Waals surface area contributed by atoms with Crippen molar-refractivity contribution in [3.8, 4) is 0 Å². The summed E-state index contributed by atoms with van der Waals surface area (Å²) in [5.41, 5.74) is -1.02. The van der Waals surface area contributed by atoms with Gasteiger partial charge in [0, 0.05) is 25.7 Å². The Bertz CT molecular complexity index is 436. The topological polar surface area (TPSA) is 64.1 Å². The summed E-state index contributed by atoms with van der Waals surface area (Å²) in [6.07, 6.45) is 4.86. The predicted octanol–water partition coefficient (Wildman–Crippen LogP) is 1.22. The van der Waals surface area contributed by atoms with Gasteiger partial charge in [0.2, 0.25) is 0 Å².